The van der Waals surface area contributed by atoms with E-state index in [0.29, 0.717) is 17.9 Å². The predicted octanol–water partition coefficient (Wildman–Crippen LogP) is 2.73. The van der Waals surface area contributed by atoms with E-state index in [1.165, 1.54) is 12.1 Å². The van der Waals surface area contributed by atoms with Gasteiger partial charge >= 0.3 is 0 Å². The standard InChI is InChI=1S/C13H19F2NOS/c1-9(16-7-13(2,17)8-18-3)11-5-4-10(14)6-12(11)15/h4-6,9,16-17H,7-8H2,1-3H3. The smallest absolute Gasteiger partial charge is 0.130 e. The molecule has 0 aliphatic heterocycles. The minimum atomic E-state index is -0.843. The number of halogens is 2. The molecule has 1 aromatic rings. The van der Waals surface area contributed by atoms with E-state index in [2.05, 4.69) is 5.32 Å². The van der Waals surface area contributed by atoms with E-state index in [4.69, 9.17) is 0 Å². The Morgan fingerprint density at radius 1 is 1.44 bits per heavy atom. The van der Waals surface area contributed by atoms with Gasteiger partial charge in [0.25, 0.3) is 0 Å². The first-order chi connectivity index (χ1) is 8.35. The molecule has 0 aliphatic rings. The highest BCUT2D eigenvalue weighted by atomic mass is 32.2. The van der Waals surface area contributed by atoms with Crippen LogP contribution in [0.15, 0.2) is 18.2 Å². The van der Waals surface area contributed by atoms with E-state index in [0.717, 1.165) is 6.07 Å². The molecule has 0 fully saturated rings. The molecule has 102 valence electrons. The van der Waals surface area contributed by atoms with Crippen LogP contribution in [0.3, 0.4) is 0 Å². The molecule has 0 spiro atoms. The molecule has 1 rings (SSSR count). The quantitative estimate of drug-likeness (QED) is 0.837. The molecule has 2 atom stereocenters. The molecule has 0 amide bonds. The molecule has 2 unspecified atom stereocenters. The van der Waals surface area contributed by atoms with Gasteiger partial charge in [0.05, 0.1) is 5.60 Å². The van der Waals surface area contributed by atoms with E-state index in [1.54, 1.807) is 25.6 Å². The van der Waals surface area contributed by atoms with Crippen molar-refractivity contribution in [1.82, 2.24) is 5.32 Å². The van der Waals surface area contributed by atoms with Crippen molar-refractivity contribution >= 4 is 11.8 Å². The minimum absolute atomic E-state index is 0.279. The van der Waals surface area contributed by atoms with Crippen LogP contribution in [-0.4, -0.2) is 29.3 Å². The lowest BCUT2D eigenvalue weighted by Crippen LogP contribution is -2.41. The molecule has 0 saturated heterocycles. The first-order valence-corrected chi connectivity index (χ1v) is 7.15. The highest BCUT2D eigenvalue weighted by Crippen LogP contribution is 2.19. The van der Waals surface area contributed by atoms with E-state index >= 15 is 0 Å². The van der Waals surface area contributed by atoms with Crippen LogP contribution in [0.1, 0.15) is 25.5 Å². The van der Waals surface area contributed by atoms with Gasteiger partial charge in [0.1, 0.15) is 11.6 Å². The van der Waals surface area contributed by atoms with Gasteiger partial charge in [-0.1, -0.05) is 6.07 Å². The van der Waals surface area contributed by atoms with E-state index in [9.17, 15) is 13.9 Å². The highest BCUT2D eigenvalue weighted by molar-refractivity contribution is 7.98. The summed E-state index contributed by atoms with van der Waals surface area (Å²) < 4.78 is 26.3. The zero-order valence-corrected chi connectivity index (χ0v) is 11.7. The van der Waals surface area contributed by atoms with Crippen LogP contribution in [0.5, 0.6) is 0 Å². The number of rotatable bonds is 6. The summed E-state index contributed by atoms with van der Waals surface area (Å²) in [6.45, 7) is 3.86. The first-order valence-electron chi connectivity index (χ1n) is 5.75. The van der Waals surface area contributed by atoms with E-state index < -0.39 is 17.2 Å². The van der Waals surface area contributed by atoms with Crippen molar-refractivity contribution in [2.75, 3.05) is 18.6 Å². The van der Waals surface area contributed by atoms with Gasteiger partial charge in [-0.25, -0.2) is 8.78 Å². The van der Waals surface area contributed by atoms with Crippen LogP contribution in [0.4, 0.5) is 8.78 Å². The van der Waals surface area contributed by atoms with Crippen LogP contribution in [-0.2, 0) is 0 Å². The molecule has 0 saturated carbocycles. The molecule has 0 aliphatic carbocycles. The van der Waals surface area contributed by atoms with Crippen LogP contribution < -0.4 is 5.32 Å². The molecular weight excluding hydrogens is 256 g/mol. The number of nitrogens with one attached hydrogen (secondary N) is 1. The Hall–Kier alpha value is -0.650. The molecule has 0 radical (unpaired) electrons. The van der Waals surface area contributed by atoms with Crippen LogP contribution in [0, 0.1) is 11.6 Å². The Balaban J connectivity index is 2.63. The summed E-state index contributed by atoms with van der Waals surface area (Å²) in [6.07, 6.45) is 1.91. The van der Waals surface area contributed by atoms with Gasteiger partial charge in [-0.2, -0.15) is 11.8 Å². The number of hydrogen-bond donors (Lipinski definition) is 2. The SMILES string of the molecule is CSCC(C)(O)CNC(C)c1ccc(F)cc1F. The van der Waals surface area contributed by atoms with Gasteiger partial charge in [0.2, 0.25) is 0 Å². The van der Waals surface area contributed by atoms with Crippen LogP contribution in [0.2, 0.25) is 0 Å². The van der Waals surface area contributed by atoms with E-state index in [1.807, 2.05) is 6.26 Å². The number of thioether (sulfide) groups is 1. The molecule has 0 bridgehead atoms. The third-order valence-electron chi connectivity index (χ3n) is 2.67. The lowest BCUT2D eigenvalue weighted by atomic mass is 10.1. The highest BCUT2D eigenvalue weighted by Gasteiger charge is 2.21. The largest absolute Gasteiger partial charge is 0.388 e. The van der Waals surface area contributed by atoms with Gasteiger partial charge in [0, 0.05) is 30.0 Å². The van der Waals surface area contributed by atoms with Crippen LogP contribution in [0.25, 0.3) is 0 Å². The maximum absolute atomic E-state index is 13.5. The Bertz CT molecular complexity index is 399. The summed E-state index contributed by atoms with van der Waals surface area (Å²) in [6, 6.07) is 3.24. The molecule has 0 aromatic heterocycles. The number of aliphatic hydroxyl groups is 1. The molecule has 2 N–H and O–H groups in total. The van der Waals surface area contributed by atoms with Crippen molar-refractivity contribution < 1.29 is 13.9 Å². The maximum atomic E-state index is 13.5. The Morgan fingerprint density at radius 3 is 2.67 bits per heavy atom. The summed E-state index contributed by atoms with van der Waals surface area (Å²) in [5, 5.41) is 13.0. The van der Waals surface area contributed by atoms with Gasteiger partial charge in [-0.3, -0.25) is 0 Å². The average molecular weight is 275 g/mol. The van der Waals surface area contributed by atoms with Crippen molar-refractivity contribution in [2.45, 2.75) is 25.5 Å². The number of benzene rings is 1. The lowest BCUT2D eigenvalue weighted by molar-refractivity contribution is 0.0819. The van der Waals surface area contributed by atoms with Gasteiger partial charge in [0.15, 0.2) is 0 Å². The third-order valence-corrected chi connectivity index (χ3v) is 3.58. The van der Waals surface area contributed by atoms with E-state index in [-0.39, 0.29) is 6.04 Å². The normalized spacial score (nSPS) is 16.3. The summed E-state index contributed by atoms with van der Waals surface area (Å²) in [5.74, 6) is -0.559. The zero-order valence-electron chi connectivity index (χ0n) is 10.8. The summed E-state index contributed by atoms with van der Waals surface area (Å²) in [5.41, 5.74) is -0.444. The monoisotopic (exact) mass is 275 g/mol. The second-order valence-corrected chi connectivity index (χ2v) is 5.56. The van der Waals surface area contributed by atoms with Gasteiger partial charge < -0.3 is 10.4 Å². The fourth-order valence-electron chi connectivity index (χ4n) is 1.70. The van der Waals surface area contributed by atoms with Crippen molar-refractivity contribution in [2.24, 2.45) is 0 Å². The molecule has 5 heteroatoms. The maximum Gasteiger partial charge on any atom is 0.130 e. The summed E-state index contributed by atoms with van der Waals surface area (Å²) in [4.78, 5) is 0. The van der Waals surface area contributed by atoms with Crippen LogP contribution >= 0.6 is 11.8 Å². The predicted molar refractivity (Wildman–Crippen MR) is 71.8 cm³/mol. The third kappa shape index (κ3) is 4.55. The molecule has 18 heavy (non-hydrogen) atoms. The Kier molecular flexibility index (Phi) is 5.56. The van der Waals surface area contributed by atoms with Crippen molar-refractivity contribution in [3.05, 3.63) is 35.4 Å². The molecular formula is C13H19F2NOS. The lowest BCUT2D eigenvalue weighted by Gasteiger charge is -2.25. The molecule has 0 heterocycles. The van der Waals surface area contributed by atoms with Gasteiger partial charge in [-0.15, -0.1) is 0 Å². The van der Waals surface area contributed by atoms with Crippen molar-refractivity contribution in [1.29, 1.82) is 0 Å². The number of hydrogen-bond acceptors (Lipinski definition) is 3. The Morgan fingerprint density at radius 2 is 2.11 bits per heavy atom. The summed E-state index contributed by atoms with van der Waals surface area (Å²) in [7, 11) is 0. The average Bonchev–Trinajstić information content (AvgIpc) is 2.26. The first kappa shape index (κ1) is 15.4. The topological polar surface area (TPSA) is 32.3 Å². The minimum Gasteiger partial charge on any atom is -0.388 e. The fraction of sp³-hybridized carbons (Fsp3) is 0.538. The van der Waals surface area contributed by atoms with Gasteiger partial charge in [-0.05, 0) is 26.2 Å². The van der Waals surface area contributed by atoms with Crippen molar-refractivity contribution in [3.63, 3.8) is 0 Å². The second kappa shape index (κ2) is 6.50. The molecule has 2 nitrogen and oxygen atoms in total. The Labute approximate surface area is 111 Å². The summed E-state index contributed by atoms with van der Waals surface area (Å²) >= 11 is 1.55. The second-order valence-electron chi connectivity index (χ2n) is 4.70. The molecule has 1 aromatic carbocycles. The zero-order chi connectivity index (χ0) is 13.8. The fourth-order valence-corrected chi connectivity index (χ4v) is 2.42. The van der Waals surface area contributed by atoms with Crippen molar-refractivity contribution in [3.8, 4) is 0 Å².